The van der Waals surface area contributed by atoms with E-state index in [0.717, 1.165) is 31.7 Å². The van der Waals surface area contributed by atoms with Gasteiger partial charge in [-0.1, -0.05) is 6.92 Å². The smallest absolute Gasteiger partial charge is 0.234 e. The Bertz CT molecular complexity index is 434. The number of hydrogen-bond acceptors (Lipinski definition) is 3. The molecule has 1 amide bonds. The van der Waals surface area contributed by atoms with Crippen molar-refractivity contribution < 1.29 is 4.79 Å². The molecule has 0 aromatic carbocycles. The second-order valence-corrected chi connectivity index (χ2v) is 5.11. The lowest BCUT2D eigenvalue weighted by Crippen LogP contribution is -2.39. The number of carbonyl (C=O) groups is 1. The van der Waals surface area contributed by atoms with Gasteiger partial charge in [0.1, 0.15) is 0 Å². The summed E-state index contributed by atoms with van der Waals surface area (Å²) in [4.78, 5) is 18.6. The van der Waals surface area contributed by atoms with E-state index in [0.29, 0.717) is 5.92 Å². The first kappa shape index (κ1) is 10.7. The summed E-state index contributed by atoms with van der Waals surface area (Å²) in [6, 6.07) is 3.83. The van der Waals surface area contributed by atoms with Gasteiger partial charge in [-0.2, -0.15) is 0 Å². The van der Waals surface area contributed by atoms with Gasteiger partial charge in [0.25, 0.3) is 0 Å². The maximum Gasteiger partial charge on any atom is 0.234 e. The Hall–Kier alpha value is -1.42. The van der Waals surface area contributed by atoms with Crippen molar-refractivity contribution in [3.8, 4) is 0 Å². The number of pyridine rings is 1. The van der Waals surface area contributed by atoms with Crippen LogP contribution in [0.3, 0.4) is 0 Å². The van der Waals surface area contributed by atoms with Crippen LogP contribution in [-0.2, 0) is 4.79 Å². The van der Waals surface area contributed by atoms with Crippen LogP contribution in [0.2, 0.25) is 0 Å². The summed E-state index contributed by atoms with van der Waals surface area (Å²) in [6.45, 7) is 4.76. The summed E-state index contributed by atoms with van der Waals surface area (Å²) in [5.41, 5.74) is 0.754. The van der Waals surface area contributed by atoms with E-state index in [-0.39, 0.29) is 11.3 Å². The van der Waals surface area contributed by atoms with Crippen LogP contribution >= 0.6 is 0 Å². The second-order valence-electron chi connectivity index (χ2n) is 5.11. The van der Waals surface area contributed by atoms with Crippen LogP contribution in [0.1, 0.15) is 13.3 Å². The van der Waals surface area contributed by atoms with Gasteiger partial charge in [-0.25, -0.2) is 0 Å². The van der Waals surface area contributed by atoms with E-state index < -0.39 is 0 Å². The molecule has 1 spiro atoms. The van der Waals surface area contributed by atoms with Crippen molar-refractivity contribution in [1.29, 1.82) is 0 Å². The Balaban J connectivity index is 1.90. The quantitative estimate of drug-likeness (QED) is 0.785. The summed E-state index contributed by atoms with van der Waals surface area (Å²) in [6.07, 6.45) is 4.46. The van der Waals surface area contributed by atoms with E-state index in [9.17, 15) is 4.79 Å². The van der Waals surface area contributed by atoms with Crippen molar-refractivity contribution in [1.82, 2.24) is 10.3 Å². The molecule has 4 nitrogen and oxygen atoms in total. The zero-order valence-electron chi connectivity index (χ0n) is 10.0. The Morgan fingerprint density at radius 3 is 3.12 bits per heavy atom. The molecule has 2 saturated heterocycles. The van der Waals surface area contributed by atoms with Crippen molar-refractivity contribution in [3.05, 3.63) is 24.5 Å². The maximum atomic E-state index is 12.6. The third-order valence-electron chi connectivity index (χ3n) is 4.24. The van der Waals surface area contributed by atoms with Gasteiger partial charge in [0.05, 0.1) is 17.3 Å². The molecule has 2 fully saturated rings. The van der Waals surface area contributed by atoms with Crippen LogP contribution in [0.25, 0.3) is 0 Å². The summed E-state index contributed by atoms with van der Waals surface area (Å²) >= 11 is 0. The minimum Gasteiger partial charge on any atom is -0.315 e. The van der Waals surface area contributed by atoms with Crippen LogP contribution in [0.5, 0.6) is 0 Å². The predicted molar refractivity (Wildman–Crippen MR) is 65.7 cm³/mol. The zero-order valence-corrected chi connectivity index (χ0v) is 10.0. The number of nitrogens with zero attached hydrogens (tertiary/aromatic N) is 2. The summed E-state index contributed by atoms with van der Waals surface area (Å²) in [5, 5.41) is 3.34. The molecule has 1 aromatic heterocycles. The van der Waals surface area contributed by atoms with E-state index in [1.165, 1.54) is 0 Å². The Kier molecular flexibility index (Phi) is 2.40. The Morgan fingerprint density at radius 1 is 1.59 bits per heavy atom. The normalized spacial score (nSPS) is 32.6. The highest BCUT2D eigenvalue weighted by atomic mass is 16.2. The van der Waals surface area contributed by atoms with E-state index in [1.54, 1.807) is 12.4 Å². The van der Waals surface area contributed by atoms with Crippen LogP contribution in [0, 0.1) is 11.3 Å². The minimum atomic E-state index is -0.171. The number of aromatic nitrogens is 1. The highest BCUT2D eigenvalue weighted by molar-refractivity contribution is 6.00. The fourth-order valence-electron chi connectivity index (χ4n) is 3.05. The molecule has 90 valence electrons. The monoisotopic (exact) mass is 231 g/mol. The first-order chi connectivity index (χ1) is 8.24. The molecule has 0 unspecified atom stereocenters. The molecule has 0 saturated carbocycles. The molecule has 0 aliphatic carbocycles. The van der Waals surface area contributed by atoms with Gasteiger partial charge in [-0.05, 0) is 31.0 Å². The maximum absolute atomic E-state index is 12.6. The Labute approximate surface area is 101 Å². The highest BCUT2D eigenvalue weighted by Crippen LogP contribution is 2.42. The topological polar surface area (TPSA) is 45.2 Å². The standard InChI is InChI=1S/C13H17N3O/c1-10-7-15-9-13(10)4-6-16(12(13)17)11-3-2-5-14-8-11/h2-3,5,8,10,15H,4,6-7,9H2,1H3/t10-,13-/m1/s1. The number of hydrogen-bond donors (Lipinski definition) is 1. The molecule has 2 atom stereocenters. The fraction of sp³-hybridized carbons (Fsp3) is 0.538. The molecule has 0 radical (unpaired) electrons. The van der Waals surface area contributed by atoms with Gasteiger partial charge in [0.15, 0.2) is 0 Å². The van der Waals surface area contributed by atoms with Crippen molar-refractivity contribution >= 4 is 11.6 Å². The third-order valence-corrected chi connectivity index (χ3v) is 4.24. The Morgan fingerprint density at radius 2 is 2.47 bits per heavy atom. The average molecular weight is 231 g/mol. The lowest BCUT2D eigenvalue weighted by molar-refractivity contribution is -0.126. The van der Waals surface area contributed by atoms with Crippen LogP contribution in [0.4, 0.5) is 5.69 Å². The molecular formula is C13H17N3O. The van der Waals surface area contributed by atoms with Gasteiger partial charge in [-0.15, -0.1) is 0 Å². The number of amides is 1. The molecule has 2 aliphatic heterocycles. The van der Waals surface area contributed by atoms with E-state index in [4.69, 9.17) is 0 Å². The van der Waals surface area contributed by atoms with Crippen molar-refractivity contribution in [2.24, 2.45) is 11.3 Å². The fourth-order valence-corrected chi connectivity index (χ4v) is 3.05. The molecule has 2 aliphatic rings. The number of nitrogens with one attached hydrogen (secondary N) is 1. The first-order valence-corrected chi connectivity index (χ1v) is 6.17. The van der Waals surface area contributed by atoms with Gasteiger partial charge >= 0.3 is 0 Å². The summed E-state index contributed by atoms with van der Waals surface area (Å²) in [5.74, 6) is 0.694. The number of rotatable bonds is 1. The second kappa shape index (κ2) is 3.81. The van der Waals surface area contributed by atoms with E-state index >= 15 is 0 Å². The lowest BCUT2D eigenvalue weighted by Gasteiger charge is -2.26. The largest absolute Gasteiger partial charge is 0.315 e. The van der Waals surface area contributed by atoms with E-state index in [1.807, 2.05) is 17.0 Å². The molecule has 17 heavy (non-hydrogen) atoms. The van der Waals surface area contributed by atoms with Crippen LogP contribution in [-0.4, -0.2) is 30.5 Å². The number of carbonyl (C=O) groups excluding carboxylic acids is 1. The van der Waals surface area contributed by atoms with Crippen LogP contribution in [0.15, 0.2) is 24.5 Å². The SMILES string of the molecule is C[C@@H]1CNC[C@]12CCN(c1cccnc1)C2=O. The van der Waals surface area contributed by atoms with Gasteiger partial charge in [-0.3, -0.25) is 9.78 Å². The van der Waals surface area contributed by atoms with E-state index in [2.05, 4.69) is 17.2 Å². The first-order valence-electron chi connectivity index (χ1n) is 6.17. The van der Waals surface area contributed by atoms with Crippen molar-refractivity contribution in [2.75, 3.05) is 24.5 Å². The summed E-state index contributed by atoms with van der Waals surface area (Å²) < 4.78 is 0. The predicted octanol–water partition coefficient (Wildman–Crippen LogP) is 1.04. The molecule has 3 rings (SSSR count). The van der Waals surface area contributed by atoms with Gasteiger partial charge < -0.3 is 10.2 Å². The summed E-state index contributed by atoms with van der Waals surface area (Å²) in [7, 11) is 0. The van der Waals surface area contributed by atoms with Crippen molar-refractivity contribution in [3.63, 3.8) is 0 Å². The van der Waals surface area contributed by atoms with Crippen molar-refractivity contribution in [2.45, 2.75) is 13.3 Å². The molecule has 1 aromatic rings. The molecule has 4 heteroatoms. The minimum absolute atomic E-state index is 0.171. The van der Waals surface area contributed by atoms with Crippen LogP contribution < -0.4 is 10.2 Å². The third kappa shape index (κ3) is 1.47. The molecule has 0 bridgehead atoms. The molecule has 1 N–H and O–H groups in total. The average Bonchev–Trinajstić information content (AvgIpc) is 2.88. The lowest BCUT2D eigenvalue weighted by atomic mass is 9.78. The molecular weight excluding hydrogens is 214 g/mol. The van der Waals surface area contributed by atoms with Gasteiger partial charge in [0.2, 0.25) is 5.91 Å². The highest BCUT2D eigenvalue weighted by Gasteiger charge is 2.52. The number of anilines is 1. The van der Waals surface area contributed by atoms with Gasteiger partial charge in [0, 0.05) is 19.3 Å². The zero-order chi connectivity index (χ0) is 11.9. The molecule has 3 heterocycles.